The minimum absolute atomic E-state index is 0.136. The topological polar surface area (TPSA) is 58.6 Å². The van der Waals surface area contributed by atoms with Gasteiger partial charge in [-0.25, -0.2) is 0 Å². The van der Waals surface area contributed by atoms with E-state index in [9.17, 15) is 9.59 Å². The van der Waals surface area contributed by atoms with Gasteiger partial charge in [-0.15, -0.1) is 0 Å². The van der Waals surface area contributed by atoms with Crippen molar-refractivity contribution in [3.8, 4) is 5.75 Å². The van der Waals surface area contributed by atoms with Crippen molar-refractivity contribution in [2.45, 2.75) is 50.7 Å². The molecule has 1 aliphatic carbocycles. The molecule has 3 aromatic rings. The van der Waals surface area contributed by atoms with Crippen molar-refractivity contribution in [2.75, 3.05) is 6.61 Å². The van der Waals surface area contributed by atoms with Gasteiger partial charge in [0.15, 0.2) is 6.61 Å². The van der Waals surface area contributed by atoms with Crippen LogP contribution in [0.3, 0.4) is 0 Å². The minimum atomic E-state index is -0.692. The molecule has 1 saturated carbocycles. The fraction of sp³-hybridized carbons (Fsp3) is 0.310. The molecule has 1 atom stereocenters. The largest absolute Gasteiger partial charge is 0.482 e. The SMILES string of the molecule is O=C(NC1CCCC1)[C@@H](Cc1ccccc1)N(Cc1ccc(Br)cc1)C(=O)COc1ccc(Br)cc1Cl. The molecule has 4 rings (SSSR count). The third-order valence-corrected chi connectivity index (χ3v) is 7.80. The maximum Gasteiger partial charge on any atom is 0.261 e. The van der Waals surface area contributed by atoms with E-state index in [0.29, 0.717) is 17.2 Å². The van der Waals surface area contributed by atoms with Crippen LogP contribution in [0.25, 0.3) is 0 Å². The molecule has 5 nitrogen and oxygen atoms in total. The maximum atomic E-state index is 13.7. The van der Waals surface area contributed by atoms with Gasteiger partial charge in [0, 0.05) is 28.0 Å². The highest BCUT2D eigenvalue weighted by Gasteiger charge is 2.32. The molecule has 0 heterocycles. The van der Waals surface area contributed by atoms with Gasteiger partial charge in [-0.2, -0.15) is 0 Å². The normalized spacial score (nSPS) is 14.2. The third-order valence-electron chi connectivity index (χ3n) is 6.48. The van der Waals surface area contributed by atoms with Crippen molar-refractivity contribution >= 4 is 55.3 Å². The summed E-state index contributed by atoms with van der Waals surface area (Å²) in [5, 5.41) is 3.62. The number of hydrogen-bond acceptors (Lipinski definition) is 3. The molecular weight excluding hydrogens is 620 g/mol. The first-order valence-electron chi connectivity index (χ1n) is 12.3. The number of hydrogen-bond donors (Lipinski definition) is 1. The van der Waals surface area contributed by atoms with E-state index in [2.05, 4.69) is 37.2 Å². The van der Waals surface area contributed by atoms with Crippen LogP contribution in [0, 0.1) is 0 Å². The van der Waals surface area contributed by atoms with Gasteiger partial charge in [-0.1, -0.05) is 98.8 Å². The van der Waals surface area contributed by atoms with E-state index in [0.717, 1.165) is 45.8 Å². The quantitative estimate of drug-likeness (QED) is 0.259. The van der Waals surface area contributed by atoms with Crippen LogP contribution in [0.5, 0.6) is 5.75 Å². The molecule has 1 aliphatic rings. The molecule has 0 bridgehead atoms. The Hall–Kier alpha value is -2.35. The third kappa shape index (κ3) is 8.06. The summed E-state index contributed by atoms with van der Waals surface area (Å²) in [7, 11) is 0. The van der Waals surface area contributed by atoms with E-state index < -0.39 is 6.04 Å². The van der Waals surface area contributed by atoms with Crippen LogP contribution in [0.4, 0.5) is 0 Å². The predicted molar refractivity (Wildman–Crippen MR) is 154 cm³/mol. The number of carbonyl (C=O) groups is 2. The Morgan fingerprint density at radius 1 is 0.946 bits per heavy atom. The van der Waals surface area contributed by atoms with Crippen molar-refractivity contribution in [3.05, 3.63) is 97.9 Å². The van der Waals surface area contributed by atoms with E-state index >= 15 is 0 Å². The van der Waals surface area contributed by atoms with E-state index in [1.165, 1.54) is 0 Å². The molecule has 37 heavy (non-hydrogen) atoms. The van der Waals surface area contributed by atoms with Crippen LogP contribution in [0.15, 0.2) is 81.7 Å². The van der Waals surface area contributed by atoms with E-state index in [-0.39, 0.29) is 31.0 Å². The second kappa shape index (κ2) is 13.4. The Bertz CT molecular complexity index is 1200. The first kappa shape index (κ1) is 27.7. The second-order valence-corrected chi connectivity index (χ2v) is 11.4. The minimum Gasteiger partial charge on any atom is -0.482 e. The molecule has 194 valence electrons. The van der Waals surface area contributed by atoms with E-state index in [4.69, 9.17) is 16.3 Å². The number of nitrogens with one attached hydrogen (secondary N) is 1. The van der Waals surface area contributed by atoms with Gasteiger partial charge < -0.3 is 15.0 Å². The van der Waals surface area contributed by atoms with E-state index in [1.807, 2.05) is 54.6 Å². The van der Waals surface area contributed by atoms with Gasteiger partial charge in [0.25, 0.3) is 5.91 Å². The smallest absolute Gasteiger partial charge is 0.261 e. The van der Waals surface area contributed by atoms with Gasteiger partial charge in [0.2, 0.25) is 5.91 Å². The monoisotopic (exact) mass is 646 g/mol. The molecule has 2 amide bonds. The summed E-state index contributed by atoms with van der Waals surface area (Å²) in [6.07, 6.45) is 4.56. The van der Waals surface area contributed by atoms with Crippen LogP contribution in [-0.2, 0) is 22.6 Å². The Morgan fingerprint density at radius 3 is 2.30 bits per heavy atom. The number of benzene rings is 3. The highest BCUT2D eigenvalue weighted by atomic mass is 79.9. The molecule has 0 spiro atoms. The number of carbonyl (C=O) groups excluding carboxylic acids is 2. The summed E-state index contributed by atoms with van der Waals surface area (Å²) in [6, 6.07) is 22.3. The van der Waals surface area contributed by atoms with Gasteiger partial charge in [0.1, 0.15) is 11.8 Å². The molecule has 0 saturated heterocycles. The summed E-state index contributed by atoms with van der Waals surface area (Å²) in [6.45, 7) is 0.0407. The van der Waals surface area contributed by atoms with Gasteiger partial charge >= 0.3 is 0 Å². The standard InChI is InChI=1S/C29H29Br2ClN2O3/c30-22-12-10-21(11-13-22)18-34(28(35)19-37-27-15-14-23(31)17-25(27)32)26(16-20-6-2-1-3-7-20)29(36)33-24-8-4-5-9-24/h1-3,6-7,10-15,17,24,26H,4-5,8-9,16,18-19H2,(H,33,36)/t26-/m1/s1. The molecule has 1 fully saturated rings. The highest BCUT2D eigenvalue weighted by Crippen LogP contribution is 2.28. The maximum absolute atomic E-state index is 13.7. The number of ether oxygens (including phenoxy) is 1. The van der Waals surface area contributed by atoms with Crippen molar-refractivity contribution < 1.29 is 14.3 Å². The Morgan fingerprint density at radius 2 is 1.62 bits per heavy atom. The number of halogens is 3. The summed E-state index contributed by atoms with van der Waals surface area (Å²) >= 11 is 13.2. The van der Waals surface area contributed by atoms with Gasteiger partial charge in [-0.05, 0) is 54.3 Å². The lowest BCUT2D eigenvalue weighted by atomic mass is 10.0. The van der Waals surface area contributed by atoms with Gasteiger partial charge in [0.05, 0.1) is 5.02 Å². The van der Waals surface area contributed by atoms with Crippen molar-refractivity contribution in [1.82, 2.24) is 10.2 Å². The first-order chi connectivity index (χ1) is 17.9. The van der Waals surface area contributed by atoms with Crippen LogP contribution < -0.4 is 10.1 Å². The molecule has 1 N–H and O–H groups in total. The van der Waals surface area contributed by atoms with Crippen molar-refractivity contribution in [2.24, 2.45) is 0 Å². The highest BCUT2D eigenvalue weighted by molar-refractivity contribution is 9.10. The molecule has 0 aromatic heterocycles. The summed E-state index contributed by atoms with van der Waals surface area (Å²) in [5.74, 6) is -0.0101. The number of nitrogens with zero attached hydrogens (tertiary/aromatic N) is 1. The van der Waals surface area contributed by atoms with Crippen molar-refractivity contribution in [3.63, 3.8) is 0 Å². The van der Waals surface area contributed by atoms with Gasteiger partial charge in [-0.3, -0.25) is 9.59 Å². The second-order valence-electron chi connectivity index (χ2n) is 9.21. The predicted octanol–water partition coefficient (Wildman–Crippen LogP) is 6.94. The lowest BCUT2D eigenvalue weighted by molar-refractivity contribution is -0.143. The lowest BCUT2D eigenvalue weighted by Crippen LogP contribution is -2.53. The molecule has 0 unspecified atom stereocenters. The molecule has 0 radical (unpaired) electrons. The van der Waals surface area contributed by atoms with Crippen LogP contribution >= 0.6 is 43.5 Å². The Kier molecular flexibility index (Phi) is 10.1. The molecule has 8 heteroatoms. The number of amides is 2. The summed E-state index contributed by atoms with van der Waals surface area (Å²) in [4.78, 5) is 29.0. The summed E-state index contributed by atoms with van der Waals surface area (Å²) in [5.41, 5.74) is 1.91. The zero-order valence-corrected chi connectivity index (χ0v) is 24.3. The van der Waals surface area contributed by atoms with Crippen LogP contribution in [-0.4, -0.2) is 35.4 Å². The molecule has 3 aromatic carbocycles. The fourth-order valence-electron chi connectivity index (χ4n) is 4.52. The molecule has 0 aliphatic heterocycles. The zero-order valence-electron chi connectivity index (χ0n) is 20.3. The average molecular weight is 649 g/mol. The first-order valence-corrected chi connectivity index (χ1v) is 14.3. The zero-order chi connectivity index (χ0) is 26.2. The Balaban J connectivity index is 1.61. The Labute approximate surface area is 239 Å². The van der Waals surface area contributed by atoms with Crippen LogP contribution in [0.2, 0.25) is 5.02 Å². The summed E-state index contributed by atoms with van der Waals surface area (Å²) < 4.78 is 7.59. The molecular formula is C29H29Br2ClN2O3. The lowest BCUT2D eigenvalue weighted by Gasteiger charge is -2.32. The fourth-order valence-corrected chi connectivity index (χ4v) is 5.51. The van der Waals surface area contributed by atoms with Crippen molar-refractivity contribution in [1.29, 1.82) is 0 Å². The van der Waals surface area contributed by atoms with Crippen LogP contribution in [0.1, 0.15) is 36.8 Å². The van der Waals surface area contributed by atoms with E-state index in [1.54, 1.807) is 23.1 Å². The average Bonchev–Trinajstić information content (AvgIpc) is 3.40. The number of rotatable bonds is 10.